The molecule has 0 saturated carbocycles. The van der Waals surface area contributed by atoms with Crippen LogP contribution in [0.15, 0.2) is 76.9 Å². The fourth-order valence-corrected chi connectivity index (χ4v) is 4.11. The van der Waals surface area contributed by atoms with Crippen molar-refractivity contribution in [3.8, 4) is 0 Å². The Labute approximate surface area is 169 Å². The van der Waals surface area contributed by atoms with E-state index in [-0.39, 0.29) is 5.91 Å². The van der Waals surface area contributed by atoms with Gasteiger partial charge in [0.05, 0.1) is 5.56 Å². The fraction of sp³-hybridized carbons (Fsp3) is 0.227. The first-order chi connectivity index (χ1) is 13.8. The van der Waals surface area contributed by atoms with Crippen molar-refractivity contribution >= 4 is 23.5 Å². The normalized spacial score (nSPS) is 13.5. The molecule has 2 aromatic heterocycles. The minimum Gasteiger partial charge on any atom is -0.357 e. The summed E-state index contributed by atoms with van der Waals surface area (Å²) >= 11 is 1.49. The molecule has 1 aliphatic heterocycles. The number of hydrogen-bond donors (Lipinski definition) is 1. The fourth-order valence-electron chi connectivity index (χ4n) is 3.21. The maximum absolute atomic E-state index is 12.8. The van der Waals surface area contributed by atoms with E-state index in [9.17, 15) is 4.79 Å². The molecule has 1 saturated heterocycles. The van der Waals surface area contributed by atoms with Gasteiger partial charge in [0.25, 0.3) is 5.91 Å². The van der Waals surface area contributed by atoms with Gasteiger partial charge >= 0.3 is 0 Å². The van der Waals surface area contributed by atoms with Crippen LogP contribution >= 0.6 is 11.8 Å². The van der Waals surface area contributed by atoms with Crippen molar-refractivity contribution in [2.75, 3.05) is 18.0 Å². The molecule has 3 heterocycles. The zero-order valence-corrected chi connectivity index (χ0v) is 16.4. The van der Waals surface area contributed by atoms with Crippen LogP contribution in [-0.4, -0.2) is 29.0 Å². The second-order valence-electron chi connectivity index (χ2n) is 6.67. The van der Waals surface area contributed by atoms with E-state index in [4.69, 9.17) is 0 Å². The lowest BCUT2D eigenvalue weighted by Gasteiger charge is -2.17. The SMILES string of the molecule is O=C(NCc1ccnc(N2CCCC2)c1)c1cccnc1Sc1ccccc1. The molecule has 0 atom stereocenters. The average molecular weight is 391 g/mol. The van der Waals surface area contributed by atoms with Crippen molar-refractivity contribution in [3.05, 3.63) is 78.1 Å². The van der Waals surface area contributed by atoms with Crippen molar-refractivity contribution in [1.29, 1.82) is 0 Å². The summed E-state index contributed by atoms with van der Waals surface area (Å²) in [7, 11) is 0. The van der Waals surface area contributed by atoms with Gasteiger partial charge in [-0.25, -0.2) is 9.97 Å². The molecule has 0 bridgehead atoms. The number of amides is 1. The van der Waals surface area contributed by atoms with Crippen molar-refractivity contribution < 1.29 is 4.79 Å². The van der Waals surface area contributed by atoms with Gasteiger partial charge in [-0.05, 0) is 54.8 Å². The van der Waals surface area contributed by atoms with Gasteiger partial charge in [-0.3, -0.25) is 4.79 Å². The topological polar surface area (TPSA) is 58.1 Å². The first-order valence-electron chi connectivity index (χ1n) is 9.45. The molecular weight excluding hydrogens is 368 g/mol. The van der Waals surface area contributed by atoms with Gasteiger partial charge in [0, 0.05) is 36.9 Å². The highest BCUT2D eigenvalue weighted by Gasteiger charge is 2.15. The third-order valence-electron chi connectivity index (χ3n) is 4.67. The van der Waals surface area contributed by atoms with Crippen LogP contribution in [0.3, 0.4) is 0 Å². The van der Waals surface area contributed by atoms with Crippen molar-refractivity contribution in [3.63, 3.8) is 0 Å². The third kappa shape index (κ3) is 4.51. The molecule has 0 unspecified atom stereocenters. The highest BCUT2D eigenvalue weighted by molar-refractivity contribution is 7.99. The summed E-state index contributed by atoms with van der Waals surface area (Å²) in [5.74, 6) is 0.872. The number of pyridine rings is 2. The predicted molar refractivity (Wildman–Crippen MR) is 112 cm³/mol. The molecule has 0 radical (unpaired) electrons. The maximum atomic E-state index is 12.8. The lowest BCUT2D eigenvalue weighted by atomic mass is 10.2. The Morgan fingerprint density at radius 1 is 1.00 bits per heavy atom. The largest absolute Gasteiger partial charge is 0.357 e. The van der Waals surface area contributed by atoms with Gasteiger partial charge in [-0.2, -0.15) is 0 Å². The first kappa shape index (κ1) is 18.5. The monoisotopic (exact) mass is 390 g/mol. The van der Waals surface area contributed by atoms with Crippen LogP contribution in [0.5, 0.6) is 0 Å². The molecule has 1 aliphatic rings. The summed E-state index contributed by atoms with van der Waals surface area (Å²) in [4.78, 5) is 25.0. The molecule has 6 heteroatoms. The van der Waals surface area contributed by atoms with Crippen LogP contribution in [0, 0.1) is 0 Å². The quantitative estimate of drug-likeness (QED) is 0.685. The number of benzene rings is 1. The zero-order chi connectivity index (χ0) is 19.2. The third-order valence-corrected chi connectivity index (χ3v) is 5.69. The van der Waals surface area contributed by atoms with Crippen LogP contribution in [0.25, 0.3) is 0 Å². The van der Waals surface area contributed by atoms with Crippen LogP contribution in [0.1, 0.15) is 28.8 Å². The Morgan fingerprint density at radius 2 is 1.82 bits per heavy atom. The van der Waals surface area contributed by atoms with Crippen LogP contribution in [0.2, 0.25) is 0 Å². The first-order valence-corrected chi connectivity index (χ1v) is 10.3. The molecule has 142 valence electrons. The highest BCUT2D eigenvalue weighted by atomic mass is 32.2. The Morgan fingerprint density at radius 3 is 2.64 bits per heavy atom. The molecule has 0 spiro atoms. The van der Waals surface area contributed by atoms with Gasteiger partial charge in [-0.1, -0.05) is 30.0 Å². The minimum absolute atomic E-state index is 0.119. The molecular formula is C22H22N4OS. The Balaban J connectivity index is 1.44. The summed E-state index contributed by atoms with van der Waals surface area (Å²) in [5.41, 5.74) is 1.64. The molecule has 0 aliphatic carbocycles. The van der Waals surface area contributed by atoms with Gasteiger partial charge in [0.2, 0.25) is 0 Å². The average Bonchev–Trinajstić information content (AvgIpc) is 3.28. The van der Waals surface area contributed by atoms with E-state index in [2.05, 4.69) is 26.3 Å². The number of anilines is 1. The van der Waals surface area contributed by atoms with Crippen LogP contribution < -0.4 is 10.2 Å². The Kier molecular flexibility index (Phi) is 5.87. The number of nitrogens with one attached hydrogen (secondary N) is 1. The van der Waals surface area contributed by atoms with E-state index in [0.717, 1.165) is 29.4 Å². The number of nitrogens with zero attached hydrogens (tertiary/aromatic N) is 3. The molecule has 1 aromatic carbocycles. The maximum Gasteiger partial charge on any atom is 0.254 e. The second-order valence-corrected chi connectivity index (χ2v) is 7.73. The molecule has 3 aromatic rings. The van der Waals surface area contributed by atoms with Crippen molar-refractivity contribution in [2.45, 2.75) is 29.3 Å². The zero-order valence-electron chi connectivity index (χ0n) is 15.5. The van der Waals surface area contributed by atoms with E-state index in [1.165, 1.54) is 24.6 Å². The number of aromatic nitrogens is 2. The standard InChI is InChI=1S/C22H22N4OS/c27-21(19-9-6-11-24-22(19)28-18-7-2-1-3-8-18)25-16-17-10-12-23-20(15-17)26-13-4-5-14-26/h1-3,6-12,15H,4-5,13-14,16H2,(H,25,27). The second kappa shape index (κ2) is 8.89. The van der Waals surface area contributed by atoms with Crippen molar-refractivity contribution in [1.82, 2.24) is 15.3 Å². The summed E-state index contributed by atoms with van der Waals surface area (Å²) in [6.45, 7) is 2.57. The summed E-state index contributed by atoms with van der Waals surface area (Å²) < 4.78 is 0. The van der Waals surface area contributed by atoms with Crippen LogP contribution in [-0.2, 0) is 6.54 Å². The summed E-state index contributed by atoms with van der Waals surface area (Å²) in [6, 6.07) is 17.6. The van der Waals surface area contributed by atoms with Gasteiger partial charge in [-0.15, -0.1) is 0 Å². The Hall–Kier alpha value is -2.86. The molecule has 28 heavy (non-hydrogen) atoms. The summed E-state index contributed by atoms with van der Waals surface area (Å²) in [5, 5.41) is 3.73. The minimum atomic E-state index is -0.119. The number of hydrogen-bond acceptors (Lipinski definition) is 5. The highest BCUT2D eigenvalue weighted by Crippen LogP contribution is 2.28. The van der Waals surface area contributed by atoms with E-state index in [1.807, 2.05) is 48.7 Å². The van der Waals surface area contributed by atoms with E-state index in [1.54, 1.807) is 12.3 Å². The number of rotatable bonds is 6. The molecule has 1 amide bonds. The molecule has 4 rings (SSSR count). The van der Waals surface area contributed by atoms with E-state index in [0.29, 0.717) is 17.1 Å². The van der Waals surface area contributed by atoms with Crippen molar-refractivity contribution in [2.24, 2.45) is 0 Å². The van der Waals surface area contributed by atoms with Gasteiger partial charge in [0.1, 0.15) is 10.8 Å². The van der Waals surface area contributed by atoms with Gasteiger partial charge in [0.15, 0.2) is 0 Å². The molecule has 1 fully saturated rings. The van der Waals surface area contributed by atoms with E-state index < -0.39 is 0 Å². The Bertz CT molecular complexity index is 942. The number of carbonyl (C=O) groups excluding carboxylic acids is 1. The number of carbonyl (C=O) groups is 1. The van der Waals surface area contributed by atoms with Crippen LogP contribution in [0.4, 0.5) is 5.82 Å². The smallest absolute Gasteiger partial charge is 0.254 e. The van der Waals surface area contributed by atoms with E-state index >= 15 is 0 Å². The lowest BCUT2D eigenvalue weighted by Crippen LogP contribution is -2.24. The predicted octanol–water partition coefficient (Wildman–Crippen LogP) is 4.16. The summed E-state index contributed by atoms with van der Waals surface area (Å²) in [6.07, 6.45) is 5.96. The molecule has 1 N–H and O–H groups in total. The lowest BCUT2D eigenvalue weighted by molar-refractivity contribution is 0.0947. The van der Waals surface area contributed by atoms with Gasteiger partial charge < -0.3 is 10.2 Å². The molecule has 5 nitrogen and oxygen atoms in total.